The van der Waals surface area contributed by atoms with Gasteiger partial charge < -0.3 is 10.1 Å². The molecule has 0 unspecified atom stereocenters. The van der Waals surface area contributed by atoms with E-state index in [1.807, 2.05) is 62.5 Å². The summed E-state index contributed by atoms with van der Waals surface area (Å²) in [7, 11) is 1.96. The van der Waals surface area contributed by atoms with Gasteiger partial charge in [-0.2, -0.15) is 0 Å². The molecule has 128 valence electrons. The molecule has 0 saturated carbocycles. The summed E-state index contributed by atoms with van der Waals surface area (Å²) in [6.45, 7) is 2.79. The summed E-state index contributed by atoms with van der Waals surface area (Å²) in [5, 5.41) is 3.20. The molecule has 3 rings (SSSR count). The number of hydrogen-bond acceptors (Lipinski definition) is 4. The van der Waals surface area contributed by atoms with Crippen LogP contribution in [0.25, 0.3) is 11.3 Å². The summed E-state index contributed by atoms with van der Waals surface area (Å²) in [6, 6.07) is 20.3. The third-order valence-corrected chi connectivity index (χ3v) is 4.01. The Kier molecular flexibility index (Phi) is 5.75. The second-order valence-corrected chi connectivity index (χ2v) is 5.93. The lowest BCUT2D eigenvalue weighted by Gasteiger charge is -2.20. The molecule has 3 aromatic rings. The van der Waals surface area contributed by atoms with Crippen molar-refractivity contribution in [3.8, 4) is 17.0 Å². The van der Waals surface area contributed by atoms with E-state index < -0.39 is 0 Å². The summed E-state index contributed by atoms with van der Waals surface area (Å²) >= 11 is 0. The Hall–Kier alpha value is -2.72. The highest BCUT2D eigenvalue weighted by molar-refractivity contribution is 5.60. The number of ether oxygens (including phenoxy) is 1. The lowest BCUT2D eigenvalue weighted by Crippen LogP contribution is -2.16. The van der Waals surface area contributed by atoms with Crippen LogP contribution in [-0.2, 0) is 0 Å². The number of nitrogens with one attached hydrogen (secondary N) is 1. The van der Waals surface area contributed by atoms with Crippen molar-refractivity contribution in [3.05, 3.63) is 78.2 Å². The molecule has 0 bridgehead atoms. The highest BCUT2D eigenvalue weighted by atomic mass is 16.5. The molecule has 4 heteroatoms. The number of hydrogen-bond donors (Lipinski definition) is 1. The molecule has 0 spiro atoms. The number of aromatic nitrogens is 2. The lowest BCUT2D eigenvalue weighted by atomic mass is 10.1. The molecule has 1 atom stereocenters. The van der Waals surface area contributed by atoms with Gasteiger partial charge in [-0.3, -0.25) is 0 Å². The van der Waals surface area contributed by atoms with Crippen molar-refractivity contribution in [2.24, 2.45) is 0 Å². The van der Waals surface area contributed by atoms with Crippen LogP contribution in [0.1, 0.15) is 23.9 Å². The third-order valence-electron chi connectivity index (χ3n) is 4.01. The van der Waals surface area contributed by atoms with Crippen LogP contribution < -0.4 is 10.1 Å². The Bertz CT molecular complexity index is 805. The summed E-state index contributed by atoms with van der Waals surface area (Å²) < 4.78 is 6.31. The monoisotopic (exact) mass is 333 g/mol. The fourth-order valence-electron chi connectivity index (χ4n) is 2.75. The van der Waals surface area contributed by atoms with Gasteiger partial charge in [0, 0.05) is 18.2 Å². The van der Waals surface area contributed by atoms with Gasteiger partial charge in [0.25, 0.3) is 0 Å². The Balaban J connectivity index is 1.84. The molecule has 2 aromatic carbocycles. The van der Waals surface area contributed by atoms with Gasteiger partial charge in [0.2, 0.25) is 0 Å². The summed E-state index contributed by atoms with van der Waals surface area (Å²) in [6.07, 6.45) is 2.69. The van der Waals surface area contributed by atoms with Crippen molar-refractivity contribution < 1.29 is 4.74 Å². The molecule has 1 aromatic heterocycles. The van der Waals surface area contributed by atoms with Gasteiger partial charge in [-0.05, 0) is 44.3 Å². The van der Waals surface area contributed by atoms with Crippen LogP contribution in [0.4, 0.5) is 0 Å². The zero-order valence-corrected chi connectivity index (χ0v) is 14.6. The number of aryl methyl sites for hydroxylation is 1. The molecule has 0 aliphatic rings. The Morgan fingerprint density at radius 3 is 2.64 bits per heavy atom. The predicted molar refractivity (Wildman–Crippen MR) is 101 cm³/mol. The number of nitrogens with zero attached hydrogens (tertiary/aromatic N) is 2. The van der Waals surface area contributed by atoms with E-state index in [-0.39, 0.29) is 6.10 Å². The minimum atomic E-state index is 0.0102. The largest absolute Gasteiger partial charge is 0.486 e. The van der Waals surface area contributed by atoms with E-state index in [2.05, 4.69) is 27.4 Å². The fraction of sp³-hybridized carbons (Fsp3) is 0.238. The molecule has 0 radical (unpaired) electrons. The molecule has 25 heavy (non-hydrogen) atoms. The van der Waals surface area contributed by atoms with Crippen molar-refractivity contribution >= 4 is 0 Å². The third kappa shape index (κ3) is 4.64. The predicted octanol–water partition coefficient (Wildman–Crippen LogP) is 4.18. The molecular weight excluding hydrogens is 310 g/mol. The Morgan fingerprint density at radius 2 is 1.88 bits per heavy atom. The van der Waals surface area contributed by atoms with Crippen molar-refractivity contribution in [2.75, 3.05) is 13.6 Å². The van der Waals surface area contributed by atoms with Crippen molar-refractivity contribution in [1.29, 1.82) is 0 Å². The molecular formula is C21H23N3O. The average molecular weight is 333 g/mol. The van der Waals surface area contributed by atoms with Crippen molar-refractivity contribution in [3.63, 3.8) is 0 Å². The van der Waals surface area contributed by atoms with Crippen LogP contribution in [0, 0.1) is 6.92 Å². The standard InChI is InChI=1S/C21H23N3O/c1-16-23-14-11-20(24-16)18-9-6-10-19(15-18)25-21(12-13-22-2)17-7-4-3-5-8-17/h3-11,14-15,21-22H,12-13H2,1-2H3/t21-/m1/s1. The van der Waals surface area contributed by atoms with Gasteiger partial charge in [-0.25, -0.2) is 9.97 Å². The first-order valence-corrected chi connectivity index (χ1v) is 8.52. The minimum Gasteiger partial charge on any atom is -0.486 e. The first kappa shape index (κ1) is 17.1. The van der Waals surface area contributed by atoms with Gasteiger partial charge in [-0.1, -0.05) is 42.5 Å². The first-order chi connectivity index (χ1) is 12.3. The van der Waals surface area contributed by atoms with Crippen molar-refractivity contribution in [1.82, 2.24) is 15.3 Å². The fourth-order valence-corrected chi connectivity index (χ4v) is 2.75. The highest BCUT2D eigenvalue weighted by Crippen LogP contribution is 2.28. The molecule has 1 heterocycles. The zero-order valence-electron chi connectivity index (χ0n) is 14.6. The number of rotatable bonds is 7. The minimum absolute atomic E-state index is 0.0102. The summed E-state index contributed by atoms with van der Waals surface area (Å²) in [5.74, 6) is 1.61. The highest BCUT2D eigenvalue weighted by Gasteiger charge is 2.13. The summed E-state index contributed by atoms with van der Waals surface area (Å²) in [4.78, 5) is 8.66. The lowest BCUT2D eigenvalue weighted by molar-refractivity contribution is 0.195. The van der Waals surface area contributed by atoms with E-state index in [9.17, 15) is 0 Å². The van der Waals surface area contributed by atoms with Gasteiger partial charge in [-0.15, -0.1) is 0 Å². The van der Waals surface area contributed by atoms with Crippen LogP contribution in [0.3, 0.4) is 0 Å². The van der Waals surface area contributed by atoms with E-state index >= 15 is 0 Å². The maximum absolute atomic E-state index is 6.31. The van der Waals surface area contributed by atoms with Crippen LogP contribution in [0.5, 0.6) is 5.75 Å². The van der Waals surface area contributed by atoms with Crippen LogP contribution in [0.2, 0.25) is 0 Å². The molecule has 0 aliphatic heterocycles. The van der Waals surface area contributed by atoms with E-state index in [0.717, 1.165) is 35.8 Å². The van der Waals surface area contributed by atoms with Gasteiger partial charge in [0.05, 0.1) is 5.69 Å². The maximum Gasteiger partial charge on any atom is 0.125 e. The molecule has 0 aliphatic carbocycles. The molecule has 4 nitrogen and oxygen atoms in total. The topological polar surface area (TPSA) is 47.0 Å². The second-order valence-electron chi connectivity index (χ2n) is 5.93. The second kappa shape index (κ2) is 8.40. The molecule has 0 saturated heterocycles. The Labute approximate surface area is 148 Å². The SMILES string of the molecule is CNCC[C@@H](Oc1cccc(-c2ccnc(C)n2)c1)c1ccccc1. The van der Waals surface area contributed by atoms with Crippen LogP contribution >= 0.6 is 0 Å². The van der Waals surface area contributed by atoms with Gasteiger partial charge in [0.1, 0.15) is 17.7 Å². The van der Waals surface area contributed by atoms with Crippen LogP contribution in [0.15, 0.2) is 66.9 Å². The van der Waals surface area contributed by atoms with Crippen molar-refractivity contribution in [2.45, 2.75) is 19.4 Å². The molecule has 1 N–H and O–H groups in total. The van der Waals surface area contributed by atoms with E-state index in [1.165, 1.54) is 5.56 Å². The molecule has 0 amide bonds. The maximum atomic E-state index is 6.31. The number of benzene rings is 2. The summed E-state index contributed by atoms with van der Waals surface area (Å²) in [5.41, 5.74) is 3.12. The zero-order chi connectivity index (χ0) is 17.5. The normalized spacial score (nSPS) is 11.9. The Morgan fingerprint density at radius 1 is 1.04 bits per heavy atom. The van der Waals surface area contributed by atoms with E-state index in [0.29, 0.717) is 0 Å². The van der Waals surface area contributed by atoms with Gasteiger partial charge in [0.15, 0.2) is 0 Å². The molecule has 0 fully saturated rings. The van der Waals surface area contributed by atoms with E-state index in [1.54, 1.807) is 6.20 Å². The average Bonchev–Trinajstić information content (AvgIpc) is 2.66. The first-order valence-electron chi connectivity index (χ1n) is 8.52. The van der Waals surface area contributed by atoms with Gasteiger partial charge >= 0.3 is 0 Å². The van der Waals surface area contributed by atoms with Crippen LogP contribution in [-0.4, -0.2) is 23.6 Å². The van der Waals surface area contributed by atoms with E-state index in [4.69, 9.17) is 4.74 Å². The quantitative estimate of drug-likeness (QED) is 0.704. The smallest absolute Gasteiger partial charge is 0.125 e.